The number of aldehydes is 1. The summed E-state index contributed by atoms with van der Waals surface area (Å²) in [5.74, 6) is 2.17. The van der Waals surface area contributed by atoms with Crippen molar-refractivity contribution in [1.29, 1.82) is 0 Å². The van der Waals surface area contributed by atoms with Gasteiger partial charge in [-0.1, -0.05) is 36.8 Å². The molecule has 3 rings (SSSR count). The Morgan fingerprint density at radius 2 is 1.79 bits per heavy atom. The fourth-order valence-electron chi connectivity index (χ4n) is 4.11. The van der Waals surface area contributed by atoms with Crippen LogP contribution in [0, 0.1) is 17.8 Å². The molecule has 1 aromatic rings. The number of carbonyl (C=O) groups is 1. The number of carbonyl (C=O) groups excluding carboxylic acids is 1. The Balaban J connectivity index is 1.66. The van der Waals surface area contributed by atoms with Crippen LogP contribution in [0.4, 0.5) is 0 Å². The molecule has 1 aliphatic carbocycles. The van der Waals surface area contributed by atoms with Crippen LogP contribution in [-0.2, 0) is 11.3 Å². The van der Waals surface area contributed by atoms with Crippen molar-refractivity contribution in [2.75, 3.05) is 13.1 Å². The van der Waals surface area contributed by atoms with E-state index in [0.29, 0.717) is 5.92 Å². The van der Waals surface area contributed by atoms with Gasteiger partial charge in [-0.25, -0.2) is 0 Å². The number of fused-ring (bicyclic) bond motifs is 2. The van der Waals surface area contributed by atoms with E-state index in [9.17, 15) is 4.79 Å². The Bertz CT molecular complexity index is 403. The largest absolute Gasteiger partial charge is 0.303 e. The third-order valence-electron chi connectivity index (χ3n) is 4.96. The second-order valence-electron chi connectivity index (χ2n) is 6.20. The zero-order valence-electron chi connectivity index (χ0n) is 11.5. The van der Waals surface area contributed by atoms with Crippen LogP contribution in [-0.4, -0.2) is 24.3 Å². The average molecular weight is 257 g/mol. The molecular weight excluding hydrogens is 234 g/mol. The van der Waals surface area contributed by atoms with Gasteiger partial charge in [0.25, 0.3) is 0 Å². The zero-order valence-corrected chi connectivity index (χ0v) is 11.5. The molecule has 2 heteroatoms. The van der Waals surface area contributed by atoms with Crippen LogP contribution < -0.4 is 0 Å². The van der Waals surface area contributed by atoms with E-state index in [1.807, 2.05) is 0 Å². The summed E-state index contributed by atoms with van der Waals surface area (Å²) in [7, 11) is 0. The summed E-state index contributed by atoms with van der Waals surface area (Å²) in [4.78, 5) is 13.5. The molecule has 2 bridgehead atoms. The molecule has 1 heterocycles. The topological polar surface area (TPSA) is 20.3 Å². The smallest absolute Gasteiger partial charge is 0.120 e. The van der Waals surface area contributed by atoms with E-state index < -0.39 is 0 Å². The number of piperidine rings is 1. The lowest BCUT2D eigenvalue weighted by Gasteiger charge is -2.47. The maximum atomic E-state index is 10.9. The van der Waals surface area contributed by atoms with Gasteiger partial charge in [0, 0.05) is 26.1 Å². The number of hydrogen-bond acceptors (Lipinski definition) is 2. The van der Waals surface area contributed by atoms with Gasteiger partial charge in [0.15, 0.2) is 0 Å². The summed E-state index contributed by atoms with van der Waals surface area (Å²) in [5.41, 5.74) is 1.41. The predicted molar refractivity (Wildman–Crippen MR) is 76.7 cm³/mol. The Morgan fingerprint density at radius 3 is 2.42 bits per heavy atom. The Kier molecular flexibility index (Phi) is 3.97. The number of rotatable bonds is 4. The van der Waals surface area contributed by atoms with Crippen molar-refractivity contribution in [3.8, 4) is 0 Å². The first-order valence-electron chi connectivity index (χ1n) is 7.56. The third kappa shape index (κ3) is 2.89. The minimum absolute atomic E-state index is 0.665. The molecule has 0 amide bonds. The van der Waals surface area contributed by atoms with Crippen LogP contribution in [0.3, 0.4) is 0 Å². The molecule has 1 saturated heterocycles. The van der Waals surface area contributed by atoms with Crippen LogP contribution in [0.5, 0.6) is 0 Å². The highest BCUT2D eigenvalue weighted by atomic mass is 16.1. The summed E-state index contributed by atoms with van der Waals surface area (Å²) in [5, 5.41) is 0. The summed E-state index contributed by atoms with van der Waals surface area (Å²) in [6.07, 6.45) is 5.93. The van der Waals surface area contributed by atoms with E-state index in [1.54, 1.807) is 0 Å². The Hall–Kier alpha value is -1.15. The van der Waals surface area contributed by atoms with Crippen LogP contribution in [0.2, 0.25) is 0 Å². The fraction of sp³-hybridized carbons (Fsp3) is 0.588. The first kappa shape index (κ1) is 12.9. The molecule has 3 atom stereocenters. The molecule has 2 fully saturated rings. The molecule has 0 aromatic heterocycles. The first-order valence-corrected chi connectivity index (χ1v) is 7.56. The average Bonchev–Trinajstić information content (AvgIpc) is 2.41. The molecule has 0 radical (unpaired) electrons. The molecule has 0 spiro atoms. The van der Waals surface area contributed by atoms with Gasteiger partial charge in [-0.3, -0.25) is 4.90 Å². The van der Waals surface area contributed by atoms with Gasteiger partial charge >= 0.3 is 0 Å². The second kappa shape index (κ2) is 5.87. The highest BCUT2D eigenvalue weighted by molar-refractivity contribution is 5.50. The summed E-state index contributed by atoms with van der Waals surface area (Å²) >= 11 is 0. The molecule has 0 N–H and O–H groups in total. The lowest BCUT2D eigenvalue weighted by Crippen LogP contribution is -2.48. The number of hydrogen-bond donors (Lipinski definition) is 0. The van der Waals surface area contributed by atoms with Gasteiger partial charge < -0.3 is 4.79 Å². The maximum Gasteiger partial charge on any atom is 0.120 e. The quantitative estimate of drug-likeness (QED) is 0.772. The summed E-state index contributed by atoms with van der Waals surface area (Å²) in [6.45, 7) is 3.44. The van der Waals surface area contributed by atoms with Crippen molar-refractivity contribution in [1.82, 2.24) is 4.90 Å². The minimum Gasteiger partial charge on any atom is -0.303 e. The SMILES string of the molecule is O=CCC1[C@@H]2CCC[C@H]1CN(Cc1ccccc1)C2. The second-order valence-corrected chi connectivity index (χ2v) is 6.20. The van der Waals surface area contributed by atoms with E-state index in [0.717, 1.165) is 31.1 Å². The van der Waals surface area contributed by atoms with E-state index >= 15 is 0 Å². The Morgan fingerprint density at radius 1 is 1.11 bits per heavy atom. The van der Waals surface area contributed by atoms with Gasteiger partial charge in [-0.05, 0) is 36.2 Å². The van der Waals surface area contributed by atoms with E-state index in [1.165, 1.54) is 37.9 Å². The van der Waals surface area contributed by atoms with Gasteiger partial charge in [0.1, 0.15) is 6.29 Å². The standard InChI is InChI=1S/C17H23NO/c19-10-9-17-15-7-4-8-16(17)13-18(12-15)11-14-5-2-1-3-6-14/h1-3,5-6,10,15-17H,4,7-9,11-13H2/t15-,16+,17?. The molecular formula is C17H23NO. The molecule has 2 aliphatic rings. The van der Waals surface area contributed by atoms with Gasteiger partial charge in [-0.2, -0.15) is 0 Å². The van der Waals surface area contributed by atoms with Crippen molar-refractivity contribution in [3.05, 3.63) is 35.9 Å². The van der Waals surface area contributed by atoms with E-state index in [2.05, 4.69) is 35.2 Å². The minimum atomic E-state index is 0.665. The predicted octanol–water partition coefficient (Wildman–Crippen LogP) is 3.12. The summed E-state index contributed by atoms with van der Waals surface area (Å²) < 4.78 is 0. The molecule has 102 valence electrons. The lowest BCUT2D eigenvalue weighted by atomic mass is 9.68. The molecule has 1 unspecified atom stereocenters. The molecule has 1 aliphatic heterocycles. The van der Waals surface area contributed by atoms with Crippen molar-refractivity contribution in [2.45, 2.75) is 32.2 Å². The number of benzene rings is 1. The van der Waals surface area contributed by atoms with E-state index in [-0.39, 0.29) is 0 Å². The molecule has 2 nitrogen and oxygen atoms in total. The lowest BCUT2D eigenvalue weighted by molar-refractivity contribution is -0.110. The highest BCUT2D eigenvalue weighted by Gasteiger charge is 2.38. The molecule has 1 saturated carbocycles. The van der Waals surface area contributed by atoms with Crippen LogP contribution in [0.1, 0.15) is 31.2 Å². The van der Waals surface area contributed by atoms with Gasteiger partial charge in [-0.15, -0.1) is 0 Å². The van der Waals surface area contributed by atoms with Crippen molar-refractivity contribution >= 4 is 6.29 Å². The number of nitrogens with zero attached hydrogens (tertiary/aromatic N) is 1. The zero-order chi connectivity index (χ0) is 13.1. The van der Waals surface area contributed by atoms with Crippen LogP contribution >= 0.6 is 0 Å². The van der Waals surface area contributed by atoms with Gasteiger partial charge in [0.2, 0.25) is 0 Å². The van der Waals surface area contributed by atoms with E-state index in [4.69, 9.17) is 0 Å². The third-order valence-corrected chi connectivity index (χ3v) is 4.96. The van der Waals surface area contributed by atoms with Crippen molar-refractivity contribution < 1.29 is 4.79 Å². The Labute approximate surface area is 115 Å². The highest BCUT2D eigenvalue weighted by Crippen LogP contribution is 2.41. The molecule has 1 aromatic carbocycles. The number of likely N-dealkylation sites (tertiary alicyclic amines) is 1. The maximum absolute atomic E-state index is 10.9. The van der Waals surface area contributed by atoms with Crippen LogP contribution in [0.15, 0.2) is 30.3 Å². The van der Waals surface area contributed by atoms with Crippen LogP contribution in [0.25, 0.3) is 0 Å². The monoisotopic (exact) mass is 257 g/mol. The molecule has 19 heavy (non-hydrogen) atoms. The van der Waals surface area contributed by atoms with Crippen molar-refractivity contribution in [3.63, 3.8) is 0 Å². The fourth-order valence-corrected chi connectivity index (χ4v) is 4.11. The normalized spacial score (nSPS) is 31.1. The van der Waals surface area contributed by atoms with Gasteiger partial charge in [0.05, 0.1) is 0 Å². The first-order chi connectivity index (χ1) is 9.36. The van der Waals surface area contributed by atoms with Crippen molar-refractivity contribution in [2.24, 2.45) is 17.8 Å². The summed E-state index contributed by atoms with van der Waals surface area (Å²) in [6, 6.07) is 10.7.